The van der Waals surface area contributed by atoms with Crippen molar-refractivity contribution in [3.05, 3.63) is 0 Å². The van der Waals surface area contributed by atoms with Crippen molar-refractivity contribution in [2.24, 2.45) is 5.92 Å². The van der Waals surface area contributed by atoms with Crippen LogP contribution in [0.3, 0.4) is 0 Å². The molecule has 116 valence electrons. The quantitative estimate of drug-likeness (QED) is 0.527. The number of carbonyl (C=O) groups excluding carboxylic acids is 2. The fraction of sp³-hybridized carbons (Fsp3) is 0.846. The van der Waals surface area contributed by atoms with E-state index in [1.165, 1.54) is 0 Å². The Morgan fingerprint density at radius 3 is 2.80 bits per heavy atom. The number of likely N-dealkylation sites (tertiary alicyclic amines) is 1. The molecule has 1 aliphatic rings. The van der Waals surface area contributed by atoms with E-state index in [4.69, 9.17) is 4.74 Å². The standard InChI is InChI=1S/C13H21F2NO4/c1-2-20-13(18)10-4-3-6-16(8-10)12(17)5-7-19-9-11(14)15/h10-11H,2-9H2,1H3/t10-/m1/s1. The third-order valence-corrected chi connectivity index (χ3v) is 3.10. The van der Waals surface area contributed by atoms with E-state index in [0.717, 1.165) is 6.42 Å². The molecule has 0 aromatic carbocycles. The van der Waals surface area contributed by atoms with Gasteiger partial charge in [-0.05, 0) is 19.8 Å². The molecule has 0 radical (unpaired) electrons. The van der Waals surface area contributed by atoms with Crippen molar-refractivity contribution in [1.29, 1.82) is 0 Å². The molecular weight excluding hydrogens is 272 g/mol. The first-order chi connectivity index (χ1) is 9.54. The summed E-state index contributed by atoms with van der Waals surface area (Å²) in [6.07, 6.45) is -1.01. The number of carbonyl (C=O) groups is 2. The largest absolute Gasteiger partial charge is 0.466 e. The zero-order valence-corrected chi connectivity index (χ0v) is 11.6. The van der Waals surface area contributed by atoms with Crippen LogP contribution >= 0.6 is 0 Å². The van der Waals surface area contributed by atoms with E-state index in [1.807, 2.05) is 0 Å². The number of amides is 1. The van der Waals surface area contributed by atoms with Gasteiger partial charge in [-0.25, -0.2) is 8.78 Å². The molecule has 5 nitrogen and oxygen atoms in total. The number of halogens is 2. The molecule has 1 amide bonds. The Balaban J connectivity index is 2.31. The van der Waals surface area contributed by atoms with Crippen LogP contribution in [0.5, 0.6) is 0 Å². The molecule has 7 heteroatoms. The number of ether oxygens (including phenoxy) is 2. The number of piperidine rings is 1. The Morgan fingerprint density at radius 2 is 2.15 bits per heavy atom. The highest BCUT2D eigenvalue weighted by molar-refractivity contribution is 5.78. The molecule has 20 heavy (non-hydrogen) atoms. The Kier molecular flexibility index (Phi) is 7.43. The second-order valence-corrected chi connectivity index (χ2v) is 4.65. The molecular formula is C13H21F2NO4. The van der Waals surface area contributed by atoms with Crippen molar-refractivity contribution in [3.8, 4) is 0 Å². The minimum atomic E-state index is -2.52. The monoisotopic (exact) mass is 293 g/mol. The van der Waals surface area contributed by atoms with Gasteiger partial charge < -0.3 is 14.4 Å². The van der Waals surface area contributed by atoms with Crippen molar-refractivity contribution in [2.45, 2.75) is 32.6 Å². The highest BCUT2D eigenvalue weighted by atomic mass is 19.3. The maximum atomic E-state index is 11.9. The number of esters is 1. The van der Waals surface area contributed by atoms with Crippen LogP contribution in [-0.2, 0) is 19.1 Å². The van der Waals surface area contributed by atoms with E-state index in [9.17, 15) is 18.4 Å². The number of nitrogens with zero attached hydrogens (tertiary/aromatic N) is 1. The first kappa shape index (κ1) is 16.8. The molecule has 0 N–H and O–H groups in total. The summed E-state index contributed by atoms with van der Waals surface area (Å²) in [5.41, 5.74) is 0. The number of hydrogen-bond acceptors (Lipinski definition) is 4. The molecule has 1 atom stereocenters. The van der Waals surface area contributed by atoms with Crippen LogP contribution in [0.4, 0.5) is 8.78 Å². The van der Waals surface area contributed by atoms with Gasteiger partial charge in [0.1, 0.15) is 6.61 Å². The average Bonchev–Trinajstić information content (AvgIpc) is 2.43. The van der Waals surface area contributed by atoms with E-state index in [-0.39, 0.29) is 30.8 Å². The molecule has 0 aromatic rings. The highest BCUT2D eigenvalue weighted by Crippen LogP contribution is 2.18. The summed E-state index contributed by atoms with van der Waals surface area (Å²) < 4.78 is 33.3. The first-order valence-electron chi connectivity index (χ1n) is 6.84. The SMILES string of the molecule is CCOC(=O)[C@@H]1CCCN(C(=O)CCOCC(F)F)C1. The van der Waals surface area contributed by atoms with Gasteiger partial charge >= 0.3 is 5.97 Å². The van der Waals surface area contributed by atoms with Crippen LogP contribution in [0, 0.1) is 5.92 Å². The van der Waals surface area contributed by atoms with Crippen LogP contribution < -0.4 is 0 Å². The Morgan fingerprint density at radius 1 is 1.40 bits per heavy atom. The molecule has 1 rings (SSSR count). The third-order valence-electron chi connectivity index (χ3n) is 3.10. The zero-order valence-electron chi connectivity index (χ0n) is 11.6. The molecule has 0 unspecified atom stereocenters. The Labute approximate surface area is 117 Å². The predicted molar refractivity (Wildman–Crippen MR) is 67.4 cm³/mol. The third kappa shape index (κ3) is 5.81. The lowest BCUT2D eigenvalue weighted by Gasteiger charge is -2.31. The van der Waals surface area contributed by atoms with E-state index < -0.39 is 13.0 Å². The highest BCUT2D eigenvalue weighted by Gasteiger charge is 2.29. The lowest BCUT2D eigenvalue weighted by atomic mass is 9.98. The number of rotatable bonds is 7. The van der Waals surface area contributed by atoms with Crippen LogP contribution in [-0.4, -0.2) is 56.1 Å². The van der Waals surface area contributed by atoms with Crippen LogP contribution in [0.1, 0.15) is 26.2 Å². The first-order valence-corrected chi connectivity index (χ1v) is 6.84. The summed E-state index contributed by atoms with van der Waals surface area (Å²) >= 11 is 0. The summed E-state index contributed by atoms with van der Waals surface area (Å²) in [5, 5.41) is 0. The molecule has 0 saturated carbocycles. The summed E-state index contributed by atoms with van der Waals surface area (Å²) in [6.45, 7) is 2.31. The molecule has 1 saturated heterocycles. The normalized spacial score (nSPS) is 19.2. The topological polar surface area (TPSA) is 55.8 Å². The van der Waals surface area contributed by atoms with Crippen molar-refractivity contribution in [3.63, 3.8) is 0 Å². The molecule has 0 bridgehead atoms. The summed E-state index contributed by atoms with van der Waals surface area (Å²) in [5.74, 6) is -0.734. The fourth-order valence-electron chi connectivity index (χ4n) is 2.15. The Bertz CT molecular complexity index is 325. The molecule has 0 aliphatic carbocycles. The van der Waals surface area contributed by atoms with Crippen molar-refractivity contribution < 1.29 is 27.8 Å². The van der Waals surface area contributed by atoms with E-state index >= 15 is 0 Å². The zero-order chi connectivity index (χ0) is 15.0. The van der Waals surface area contributed by atoms with Gasteiger partial charge in [-0.2, -0.15) is 0 Å². The van der Waals surface area contributed by atoms with Crippen LogP contribution in [0.25, 0.3) is 0 Å². The molecule has 0 aromatic heterocycles. The Hall–Kier alpha value is -1.24. The fourth-order valence-corrected chi connectivity index (χ4v) is 2.15. The van der Waals surface area contributed by atoms with Crippen molar-refractivity contribution in [1.82, 2.24) is 4.90 Å². The van der Waals surface area contributed by atoms with Crippen molar-refractivity contribution >= 4 is 11.9 Å². The smallest absolute Gasteiger partial charge is 0.310 e. The molecule has 1 fully saturated rings. The molecule has 0 spiro atoms. The maximum absolute atomic E-state index is 11.9. The molecule has 1 aliphatic heterocycles. The van der Waals surface area contributed by atoms with E-state index in [1.54, 1.807) is 11.8 Å². The van der Waals surface area contributed by atoms with Crippen molar-refractivity contribution in [2.75, 3.05) is 32.9 Å². The minimum Gasteiger partial charge on any atom is -0.466 e. The summed E-state index contributed by atoms with van der Waals surface area (Å²) in [6, 6.07) is 0. The second kappa shape index (κ2) is 8.84. The summed E-state index contributed by atoms with van der Waals surface area (Å²) in [4.78, 5) is 25.1. The van der Waals surface area contributed by atoms with E-state index in [0.29, 0.717) is 26.1 Å². The average molecular weight is 293 g/mol. The van der Waals surface area contributed by atoms with Gasteiger partial charge in [0.25, 0.3) is 6.43 Å². The number of hydrogen-bond donors (Lipinski definition) is 0. The van der Waals surface area contributed by atoms with Gasteiger partial charge in [-0.15, -0.1) is 0 Å². The van der Waals surface area contributed by atoms with Gasteiger partial charge in [0.05, 0.1) is 25.6 Å². The molecule has 1 heterocycles. The second-order valence-electron chi connectivity index (χ2n) is 4.65. The minimum absolute atomic E-state index is 0.0241. The van der Waals surface area contributed by atoms with Crippen LogP contribution in [0.15, 0.2) is 0 Å². The number of alkyl halides is 2. The van der Waals surface area contributed by atoms with Gasteiger partial charge in [-0.3, -0.25) is 9.59 Å². The van der Waals surface area contributed by atoms with Gasteiger partial charge in [0.2, 0.25) is 5.91 Å². The lowest BCUT2D eigenvalue weighted by Crippen LogP contribution is -2.43. The van der Waals surface area contributed by atoms with Gasteiger partial charge in [-0.1, -0.05) is 0 Å². The predicted octanol–water partition coefficient (Wildman–Crippen LogP) is 1.46. The lowest BCUT2D eigenvalue weighted by molar-refractivity contribution is -0.151. The maximum Gasteiger partial charge on any atom is 0.310 e. The summed E-state index contributed by atoms with van der Waals surface area (Å²) in [7, 11) is 0. The van der Waals surface area contributed by atoms with E-state index in [2.05, 4.69) is 4.74 Å². The van der Waals surface area contributed by atoms with Gasteiger partial charge in [0.15, 0.2) is 0 Å². The van der Waals surface area contributed by atoms with Crippen LogP contribution in [0.2, 0.25) is 0 Å². The van der Waals surface area contributed by atoms with Gasteiger partial charge in [0, 0.05) is 13.1 Å².